The van der Waals surface area contributed by atoms with E-state index < -0.39 is 0 Å². The molecule has 0 saturated carbocycles. The zero-order valence-electron chi connectivity index (χ0n) is 20.1. The number of imidazole rings is 1. The van der Waals surface area contributed by atoms with E-state index in [4.69, 9.17) is 23.9 Å². The maximum Gasteiger partial charge on any atom is 0.203 e. The Balaban J connectivity index is 1.51. The molecule has 11 nitrogen and oxygen atoms in total. The topological polar surface area (TPSA) is 110 Å². The van der Waals surface area contributed by atoms with E-state index in [0.29, 0.717) is 47.9 Å². The van der Waals surface area contributed by atoms with Crippen molar-refractivity contribution in [2.24, 2.45) is 0 Å². The van der Waals surface area contributed by atoms with E-state index in [9.17, 15) is 0 Å². The first kappa shape index (κ1) is 22.7. The summed E-state index contributed by atoms with van der Waals surface area (Å²) < 4.78 is 25.7. The summed E-state index contributed by atoms with van der Waals surface area (Å²) >= 11 is 0. The smallest absolute Gasteiger partial charge is 0.203 e. The van der Waals surface area contributed by atoms with Crippen molar-refractivity contribution < 1.29 is 18.9 Å². The fraction of sp³-hybridized carbons (Fsp3) is 0.333. The van der Waals surface area contributed by atoms with E-state index in [2.05, 4.69) is 27.0 Å². The summed E-state index contributed by atoms with van der Waals surface area (Å²) in [6, 6.07) is 3.85. The molecule has 1 aliphatic heterocycles. The Hall–Kier alpha value is -4.12. The predicted molar refractivity (Wildman–Crippen MR) is 131 cm³/mol. The van der Waals surface area contributed by atoms with Gasteiger partial charge in [0.2, 0.25) is 5.75 Å². The van der Waals surface area contributed by atoms with Crippen molar-refractivity contribution in [1.82, 2.24) is 29.3 Å². The third-order valence-corrected chi connectivity index (χ3v) is 5.86. The number of nitrogens with zero attached hydrogens (tertiary/aromatic N) is 6. The molecule has 5 rings (SSSR count). The molecule has 0 spiro atoms. The number of nitrogens with one attached hydrogen (secondary N) is 1. The molecular formula is C24H27N7O4. The van der Waals surface area contributed by atoms with Gasteiger partial charge in [-0.05, 0) is 18.9 Å². The fourth-order valence-corrected chi connectivity index (χ4v) is 4.06. The summed E-state index contributed by atoms with van der Waals surface area (Å²) in [6.07, 6.45) is 6.21. The molecule has 11 heteroatoms. The highest BCUT2D eigenvalue weighted by atomic mass is 16.5. The Bertz CT molecular complexity index is 1360. The van der Waals surface area contributed by atoms with Crippen LogP contribution < -0.4 is 19.5 Å². The number of aromatic nitrogens is 6. The minimum absolute atomic E-state index is 0.146. The molecule has 4 aromatic rings. The Labute approximate surface area is 202 Å². The lowest BCUT2D eigenvalue weighted by Crippen LogP contribution is -2.11. The molecule has 1 atom stereocenters. The molecule has 0 amide bonds. The summed E-state index contributed by atoms with van der Waals surface area (Å²) in [4.78, 5) is 13.9. The molecule has 0 bridgehead atoms. The first-order valence-electron chi connectivity index (χ1n) is 11.1. The van der Waals surface area contributed by atoms with E-state index in [-0.39, 0.29) is 6.04 Å². The van der Waals surface area contributed by atoms with Crippen molar-refractivity contribution in [3.63, 3.8) is 0 Å². The SMILES string of the molecule is C=C(C)c1nc(Nc2cn(-c3cc(OC)c(OC)c(OC)c3)cn2)c2cnn(C3CCOC3)c2n1. The minimum atomic E-state index is 0.146. The molecule has 1 saturated heterocycles. The Morgan fingerprint density at radius 2 is 1.91 bits per heavy atom. The third kappa shape index (κ3) is 4.14. The molecule has 1 aromatic carbocycles. The second kappa shape index (κ2) is 9.26. The number of rotatable bonds is 8. The van der Waals surface area contributed by atoms with Gasteiger partial charge in [0.1, 0.15) is 18.0 Å². The van der Waals surface area contributed by atoms with Crippen molar-refractivity contribution in [3.05, 3.63) is 43.3 Å². The van der Waals surface area contributed by atoms with Gasteiger partial charge in [0.15, 0.2) is 23.0 Å². The van der Waals surface area contributed by atoms with Crippen LogP contribution in [-0.2, 0) is 4.74 Å². The molecule has 0 radical (unpaired) electrons. The fourth-order valence-electron chi connectivity index (χ4n) is 4.06. The Morgan fingerprint density at radius 3 is 2.54 bits per heavy atom. The van der Waals surface area contributed by atoms with Crippen LogP contribution in [0.4, 0.5) is 11.6 Å². The van der Waals surface area contributed by atoms with Gasteiger partial charge in [-0.1, -0.05) is 6.58 Å². The standard InChI is InChI=1S/C24H27N7O4/c1-14(2)22-28-23(17-10-26-31(24(17)29-22)15-6-7-35-12-15)27-20-11-30(13-25-20)16-8-18(32-3)21(34-5)19(9-16)33-4/h8-11,13,15H,1,6-7,12H2,2-5H3,(H,27,28,29). The van der Waals surface area contributed by atoms with E-state index in [0.717, 1.165) is 28.7 Å². The molecular weight excluding hydrogens is 450 g/mol. The van der Waals surface area contributed by atoms with Crippen LogP contribution >= 0.6 is 0 Å². The maximum atomic E-state index is 5.55. The molecule has 0 aliphatic carbocycles. The van der Waals surface area contributed by atoms with Crippen LogP contribution in [0.25, 0.3) is 22.3 Å². The normalized spacial score (nSPS) is 15.4. The van der Waals surface area contributed by atoms with Gasteiger partial charge in [-0.3, -0.25) is 0 Å². The predicted octanol–water partition coefficient (Wildman–Crippen LogP) is 3.78. The lowest BCUT2D eigenvalue weighted by molar-refractivity contribution is 0.185. The number of hydrogen-bond donors (Lipinski definition) is 1. The van der Waals surface area contributed by atoms with Gasteiger partial charge >= 0.3 is 0 Å². The summed E-state index contributed by atoms with van der Waals surface area (Å²) in [5.41, 5.74) is 2.29. The van der Waals surface area contributed by atoms with Gasteiger partial charge in [0.25, 0.3) is 0 Å². The van der Waals surface area contributed by atoms with Crippen LogP contribution in [0.2, 0.25) is 0 Å². The zero-order chi connectivity index (χ0) is 24.5. The molecule has 182 valence electrons. The van der Waals surface area contributed by atoms with Crippen molar-refractivity contribution >= 4 is 28.2 Å². The van der Waals surface area contributed by atoms with Gasteiger partial charge in [0, 0.05) is 18.7 Å². The van der Waals surface area contributed by atoms with Crippen LogP contribution in [0.5, 0.6) is 17.2 Å². The van der Waals surface area contributed by atoms with E-state index in [1.54, 1.807) is 33.9 Å². The Morgan fingerprint density at radius 1 is 1.14 bits per heavy atom. The number of allylic oxidation sites excluding steroid dienone is 1. The molecule has 1 unspecified atom stereocenters. The average molecular weight is 478 g/mol. The van der Waals surface area contributed by atoms with Crippen molar-refractivity contribution in [2.75, 3.05) is 39.9 Å². The number of anilines is 2. The average Bonchev–Trinajstić information content (AvgIpc) is 3.63. The highest BCUT2D eigenvalue weighted by molar-refractivity contribution is 5.89. The van der Waals surface area contributed by atoms with Crippen molar-refractivity contribution in [1.29, 1.82) is 0 Å². The van der Waals surface area contributed by atoms with E-state index in [1.165, 1.54) is 0 Å². The first-order valence-corrected chi connectivity index (χ1v) is 11.1. The van der Waals surface area contributed by atoms with Crippen LogP contribution in [-0.4, -0.2) is 63.8 Å². The van der Waals surface area contributed by atoms with Gasteiger partial charge in [-0.15, -0.1) is 0 Å². The second-order valence-corrected chi connectivity index (χ2v) is 8.19. The van der Waals surface area contributed by atoms with Crippen LogP contribution in [0, 0.1) is 0 Å². The zero-order valence-corrected chi connectivity index (χ0v) is 20.1. The molecule has 3 aromatic heterocycles. The molecule has 35 heavy (non-hydrogen) atoms. The largest absolute Gasteiger partial charge is 0.493 e. The van der Waals surface area contributed by atoms with Crippen LogP contribution in [0.1, 0.15) is 25.2 Å². The summed E-state index contributed by atoms with van der Waals surface area (Å²) in [5, 5.41) is 8.70. The van der Waals surface area contributed by atoms with Gasteiger partial charge < -0.3 is 28.8 Å². The van der Waals surface area contributed by atoms with Crippen molar-refractivity contribution in [2.45, 2.75) is 19.4 Å². The van der Waals surface area contributed by atoms with Crippen LogP contribution in [0.15, 0.2) is 37.4 Å². The second-order valence-electron chi connectivity index (χ2n) is 8.19. The monoisotopic (exact) mass is 477 g/mol. The van der Waals surface area contributed by atoms with Gasteiger partial charge in [-0.25, -0.2) is 19.6 Å². The lowest BCUT2D eigenvalue weighted by Gasteiger charge is -2.14. The number of methoxy groups -OCH3 is 3. The van der Waals surface area contributed by atoms with E-state index >= 15 is 0 Å². The van der Waals surface area contributed by atoms with Crippen LogP contribution in [0.3, 0.4) is 0 Å². The summed E-state index contributed by atoms with van der Waals surface area (Å²) in [6.45, 7) is 7.23. The molecule has 4 heterocycles. The molecule has 1 fully saturated rings. The first-order chi connectivity index (χ1) is 17.0. The number of hydrogen-bond acceptors (Lipinski definition) is 9. The highest BCUT2D eigenvalue weighted by Gasteiger charge is 2.23. The third-order valence-electron chi connectivity index (χ3n) is 5.86. The summed E-state index contributed by atoms with van der Waals surface area (Å²) in [5.74, 6) is 3.38. The van der Waals surface area contributed by atoms with Crippen molar-refractivity contribution in [3.8, 4) is 22.9 Å². The van der Waals surface area contributed by atoms with Gasteiger partial charge in [-0.2, -0.15) is 5.10 Å². The number of ether oxygens (including phenoxy) is 4. The van der Waals surface area contributed by atoms with E-state index in [1.807, 2.05) is 34.5 Å². The number of fused-ring (bicyclic) bond motifs is 1. The summed E-state index contributed by atoms with van der Waals surface area (Å²) in [7, 11) is 4.74. The molecule has 1 aliphatic rings. The molecule has 1 N–H and O–H groups in total. The highest BCUT2D eigenvalue weighted by Crippen LogP contribution is 2.39. The van der Waals surface area contributed by atoms with Gasteiger partial charge in [0.05, 0.1) is 57.4 Å². The minimum Gasteiger partial charge on any atom is -0.493 e. The Kier molecular flexibility index (Phi) is 6.00. The number of benzene rings is 1. The quantitative estimate of drug-likeness (QED) is 0.405. The maximum absolute atomic E-state index is 5.55. The lowest BCUT2D eigenvalue weighted by atomic mass is 10.2.